The molecular formula is C17H22N2O4S. The maximum Gasteiger partial charge on any atom is 0.270 e. The Balaban J connectivity index is 2.49. The maximum absolute atomic E-state index is 13.0. The number of benzene rings is 1. The number of hydrogen-bond acceptors (Lipinski definition) is 4. The van der Waals surface area contributed by atoms with Gasteiger partial charge < -0.3 is 0 Å². The largest absolute Gasteiger partial charge is 0.270 e. The smallest absolute Gasteiger partial charge is 0.258 e. The fourth-order valence-corrected chi connectivity index (χ4v) is 4.33. The third-order valence-electron chi connectivity index (χ3n) is 3.96. The molecule has 1 saturated heterocycles. The number of sulfonamides is 1. The summed E-state index contributed by atoms with van der Waals surface area (Å²) in [7, 11) is -3.78. The minimum Gasteiger partial charge on any atom is -0.258 e. The van der Waals surface area contributed by atoms with Crippen molar-refractivity contribution in [1.29, 1.82) is 0 Å². The van der Waals surface area contributed by atoms with Gasteiger partial charge in [0.2, 0.25) is 10.0 Å². The van der Waals surface area contributed by atoms with E-state index in [1.54, 1.807) is 0 Å². The quantitative estimate of drug-likeness (QED) is 0.474. The Morgan fingerprint density at radius 2 is 1.88 bits per heavy atom. The molecule has 1 aliphatic heterocycles. The summed E-state index contributed by atoms with van der Waals surface area (Å²) in [6.45, 7) is 2.89. The molecule has 0 bridgehead atoms. The summed E-state index contributed by atoms with van der Waals surface area (Å²) >= 11 is 0. The first-order valence-corrected chi connectivity index (χ1v) is 9.68. The van der Waals surface area contributed by atoms with E-state index in [0.717, 1.165) is 38.2 Å². The predicted molar refractivity (Wildman–Crippen MR) is 92.1 cm³/mol. The molecule has 1 fully saturated rings. The van der Waals surface area contributed by atoms with Crippen LogP contribution >= 0.6 is 0 Å². The van der Waals surface area contributed by atoms with Crippen molar-refractivity contribution in [3.05, 3.63) is 33.9 Å². The molecule has 1 aliphatic rings. The van der Waals surface area contributed by atoms with Crippen molar-refractivity contribution in [1.82, 2.24) is 4.31 Å². The van der Waals surface area contributed by atoms with Crippen molar-refractivity contribution >= 4 is 15.7 Å². The molecule has 0 unspecified atom stereocenters. The maximum atomic E-state index is 13.0. The molecular weight excluding hydrogens is 328 g/mol. The molecule has 0 aliphatic carbocycles. The number of unbranched alkanes of at least 4 members (excludes halogenated alkanes) is 1. The Kier molecular flexibility index (Phi) is 6.35. The molecule has 1 heterocycles. The first-order chi connectivity index (χ1) is 11.5. The molecule has 1 aromatic carbocycles. The fraction of sp³-hybridized carbons (Fsp3) is 0.529. The second-order valence-electron chi connectivity index (χ2n) is 5.81. The van der Waals surface area contributed by atoms with Gasteiger partial charge in [0.15, 0.2) is 0 Å². The van der Waals surface area contributed by atoms with Gasteiger partial charge in [0.05, 0.1) is 4.92 Å². The molecule has 0 saturated carbocycles. The highest BCUT2D eigenvalue weighted by Gasteiger charge is 2.29. The number of rotatable bonds is 4. The van der Waals surface area contributed by atoms with E-state index < -0.39 is 14.9 Å². The van der Waals surface area contributed by atoms with Crippen LogP contribution < -0.4 is 0 Å². The van der Waals surface area contributed by atoms with Crippen molar-refractivity contribution in [3.8, 4) is 11.8 Å². The topological polar surface area (TPSA) is 80.5 Å². The lowest BCUT2D eigenvalue weighted by molar-refractivity contribution is -0.385. The second kappa shape index (κ2) is 8.27. The normalized spacial score (nSPS) is 16.0. The number of nitro benzene ring substituents is 1. The van der Waals surface area contributed by atoms with Crippen LogP contribution in [0.1, 0.15) is 51.0 Å². The summed E-state index contributed by atoms with van der Waals surface area (Å²) in [5.41, 5.74) is 0.0998. The van der Waals surface area contributed by atoms with Crippen molar-refractivity contribution < 1.29 is 13.3 Å². The highest BCUT2D eigenvalue weighted by molar-refractivity contribution is 7.89. The summed E-state index contributed by atoms with van der Waals surface area (Å²) in [5.74, 6) is 5.79. The van der Waals surface area contributed by atoms with Crippen LogP contribution in [0.15, 0.2) is 23.1 Å². The number of non-ortho nitro benzene ring substituents is 1. The summed E-state index contributed by atoms with van der Waals surface area (Å²) < 4.78 is 27.4. The molecule has 0 amide bonds. The van der Waals surface area contributed by atoms with E-state index in [4.69, 9.17) is 0 Å². The van der Waals surface area contributed by atoms with Gasteiger partial charge in [0.1, 0.15) is 4.90 Å². The Morgan fingerprint density at radius 3 is 2.46 bits per heavy atom. The molecule has 0 spiro atoms. The van der Waals surface area contributed by atoms with Crippen LogP contribution in [-0.2, 0) is 10.0 Å². The number of hydrogen-bond donors (Lipinski definition) is 0. The van der Waals surface area contributed by atoms with Crippen molar-refractivity contribution in [3.63, 3.8) is 0 Å². The van der Waals surface area contributed by atoms with Gasteiger partial charge in [0.25, 0.3) is 5.69 Å². The lowest BCUT2D eigenvalue weighted by atomic mass is 10.2. The monoisotopic (exact) mass is 350 g/mol. The standard InChI is InChI=1S/C17H22N2O4S/c1-2-3-6-9-15-10-11-16(19(20)21)14-17(15)24(22,23)18-12-7-4-5-8-13-18/h10-11,14H,2-5,7-8,12-13H2,1H3. The first-order valence-electron chi connectivity index (χ1n) is 8.24. The molecule has 0 N–H and O–H groups in total. The van der Waals surface area contributed by atoms with E-state index >= 15 is 0 Å². The molecule has 0 aromatic heterocycles. The van der Waals surface area contributed by atoms with Crippen molar-refractivity contribution in [2.75, 3.05) is 13.1 Å². The van der Waals surface area contributed by atoms with Gasteiger partial charge >= 0.3 is 0 Å². The van der Waals surface area contributed by atoms with Gasteiger partial charge in [-0.15, -0.1) is 0 Å². The van der Waals surface area contributed by atoms with Gasteiger partial charge in [-0.25, -0.2) is 8.42 Å². The molecule has 0 atom stereocenters. The molecule has 1 aromatic rings. The third kappa shape index (κ3) is 4.34. The highest BCUT2D eigenvalue weighted by Crippen LogP contribution is 2.26. The van der Waals surface area contributed by atoms with Crippen molar-refractivity contribution in [2.24, 2.45) is 0 Å². The zero-order chi connectivity index (χ0) is 17.6. The first kappa shape index (κ1) is 18.4. The summed E-state index contributed by atoms with van der Waals surface area (Å²) in [4.78, 5) is 10.4. The van der Waals surface area contributed by atoms with Gasteiger partial charge in [-0.3, -0.25) is 10.1 Å². The van der Waals surface area contributed by atoms with Crippen LogP contribution in [0.2, 0.25) is 0 Å². The summed E-state index contributed by atoms with van der Waals surface area (Å²) in [5, 5.41) is 11.0. The van der Waals surface area contributed by atoms with Gasteiger partial charge in [-0.05, 0) is 25.3 Å². The Bertz CT molecular complexity index is 755. The number of nitro groups is 1. The zero-order valence-corrected chi connectivity index (χ0v) is 14.6. The van der Waals surface area contributed by atoms with Crippen LogP contribution in [0.3, 0.4) is 0 Å². The SMILES string of the molecule is CCCC#Cc1ccc([N+](=O)[O-])cc1S(=O)(=O)N1CCCCCC1. The van der Waals surface area contributed by atoms with Crippen LogP contribution in [0.5, 0.6) is 0 Å². The van der Waals surface area contributed by atoms with E-state index in [2.05, 4.69) is 11.8 Å². The lowest BCUT2D eigenvalue weighted by Gasteiger charge is -2.20. The Hall–Kier alpha value is -1.91. The van der Waals surface area contributed by atoms with E-state index in [0.29, 0.717) is 25.1 Å². The van der Waals surface area contributed by atoms with E-state index in [9.17, 15) is 18.5 Å². The number of nitrogens with zero attached hydrogens (tertiary/aromatic N) is 2. The Labute approximate surface area is 143 Å². The van der Waals surface area contributed by atoms with Crippen LogP contribution in [0, 0.1) is 22.0 Å². The summed E-state index contributed by atoms with van der Waals surface area (Å²) in [6, 6.07) is 3.87. The van der Waals surface area contributed by atoms with E-state index in [-0.39, 0.29) is 10.6 Å². The summed E-state index contributed by atoms with van der Waals surface area (Å²) in [6.07, 6.45) is 5.15. The van der Waals surface area contributed by atoms with Gasteiger partial charge in [0, 0.05) is 37.2 Å². The van der Waals surface area contributed by atoms with Crippen LogP contribution in [0.4, 0.5) is 5.69 Å². The second-order valence-corrected chi connectivity index (χ2v) is 7.71. The highest BCUT2D eigenvalue weighted by atomic mass is 32.2. The van der Waals surface area contributed by atoms with E-state index in [1.165, 1.54) is 16.4 Å². The fourth-order valence-electron chi connectivity index (χ4n) is 2.65. The molecule has 0 radical (unpaired) electrons. The molecule has 7 heteroatoms. The average molecular weight is 350 g/mol. The van der Waals surface area contributed by atoms with Crippen LogP contribution in [0.25, 0.3) is 0 Å². The molecule has 130 valence electrons. The van der Waals surface area contributed by atoms with Gasteiger partial charge in [-0.2, -0.15) is 4.31 Å². The average Bonchev–Trinajstić information content (AvgIpc) is 2.85. The minimum atomic E-state index is -3.78. The van der Waals surface area contributed by atoms with E-state index in [1.807, 2.05) is 6.92 Å². The zero-order valence-electron chi connectivity index (χ0n) is 13.8. The molecule has 24 heavy (non-hydrogen) atoms. The van der Waals surface area contributed by atoms with Crippen LogP contribution in [-0.4, -0.2) is 30.7 Å². The van der Waals surface area contributed by atoms with Crippen molar-refractivity contribution in [2.45, 2.75) is 50.3 Å². The molecule has 2 rings (SSSR count). The molecule has 6 nitrogen and oxygen atoms in total. The Morgan fingerprint density at radius 1 is 1.21 bits per heavy atom. The lowest BCUT2D eigenvalue weighted by Crippen LogP contribution is -2.32. The third-order valence-corrected chi connectivity index (χ3v) is 5.90. The van der Waals surface area contributed by atoms with Gasteiger partial charge in [-0.1, -0.05) is 31.6 Å². The predicted octanol–water partition coefficient (Wildman–Crippen LogP) is 3.31. The minimum absolute atomic E-state index is 0.0535.